The van der Waals surface area contributed by atoms with Gasteiger partial charge in [-0.2, -0.15) is 0 Å². The van der Waals surface area contributed by atoms with Crippen LogP contribution in [0.2, 0.25) is 0 Å². The van der Waals surface area contributed by atoms with E-state index in [-0.39, 0.29) is 5.91 Å². The van der Waals surface area contributed by atoms with E-state index in [1.54, 1.807) is 12.4 Å². The molecule has 0 aliphatic carbocycles. The molecule has 0 saturated heterocycles. The number of hydrogen-bond donors (Lipinski definition) is 1. The van der Waals surface area contributed by atoms with Crippen molar-refractivity contribution in [1.29, 1.82) is 0 Å². The van der Waals surface area contributed by atoms with E-state index in [4.69, 9.17) is 4.98 Å². The van der Waals surface area contributed by atoms with Gasteiger partial charge in [0.25, 0.3) is 5.91 Å². The molecule has 0 unspecified atom stereocenters. The predicted octanol–water partition coefficient (Wildman–Crippen LogP) is 5.66. The third-order valence-corrected chi connectivity index (χ3v) is 5.28. The molecule has 30 heavy (non-hydrogen) atoms. The van der Waals surface area contributed by atoms with Gasteiger partial charge in [0.15, 0.2) is 0 Å². The fourth-order valence-corrected chi connectivity index (χ4v) is 3.49. The highest BCUT2D eigenvalue weighted by atomic mass is 16.1. The van der Waals surface area contributed by atoms with Gasteiger partial charge in [-0.3, -0.25) is 9.78 Å². The second kappa shape index (κ2) is 8.46. The summed E-state index contributed by atoms with van der Waals surface area (Å²) in [6.07, 6.45) is 3.46. The molecular formula is C26H25N3O. The summed E-state index contributed by atoms with van der Waals surface area (Å²) in [7, 11) is 0. The van der Waals surface area contributed by atoms with Crippen LogP contribution in [0.15, 0.2) is 73.1 Å². The van der Waals surface area contributed by atoms with Gasteiger partial charge in [-0.1, -0.05) is 49.7 Å². The summed E-state index contributed by atoms with van der Waals surface area (Å²) in [6, 6.07) is 20.1. The van der Waals surface area contributed by atoms with Gasteiger partial charge >= 0.3 is 0 Å². The number of aryl methyl sites for hydroxylation is 1. The Morgan fingerprint density at radius 2 is 1.70 bits per heavy atom. The van der Waals surface area contributed by atoms with Crippen LogP contribution in [0.3, 0.4) is 0 Å². The highest BCUT2D eigenvalue weighted by Crippen LogP contribution is 2.27. The molecule has 4 nitrogen and oxygen atoms in total. The highest BCUT2D eigenvalue weighted by Gasteiger charge is 2.14. The number of pyridine rings is 2. The molecule has 4 heteroatoms. The lowest BCUT2D eigenvalue weighted by atomic mass is 9.98. The number of aromatic nitrogens is 2. The van der Waals surface area contributed by atoms with Crippen molar-refractivity contribution < 1.29 is 4.79 Å². The largest absolute Gasteiger partial charge is 0.348 e. The Balaban J connectivity index is 1.73. The first-order valence-corrected chi connectivity index (χ1v) is 10.2. The molecule has 1 N–H and O–H groups in total. The van der Waals surface area contributed by atoms with Crippen molar-refractivity contribution in [3.05, 3.63) is 95.3 Å². The molecule has 2 heterocycles. The number of nitrogens with zero attached hydrogens (tertiary/aromatic N) is 2. The Bertz CT molecular complexity index is 1180. The molecule has 0 spiro atoms. The van der Waals surface area contributed by atoms with Gasteiger partial charge in [0, 0.05) is 29.9 Å². The second-order valence-electron chi connectivity index (χ2n) is 7.89. The summed E-state index contributed by atoms with van der Waals surface area (Å²) in [6.45, 7) is 6.83. The van der Waals surface area contributed by atoms with Crippen molar-refractivity contribution in [3.63, 3.8) is 0 Å². The summed E-state index contributed by atoms with van der Waals surface area (Å²) >= 11 is 0. The third kappa shape index (κ3) is 4.23. The fourth-order valence-electron chi connectivity index (χ4n) is 3.49. The molecule has 0 saturated carbocycles. The Hall–Kier alpha value is -3.53. The maximum atomic E-state index is 13.1. The molecule has 0 aliphatic rings. The van der Waals surface area contributed by atoms with Gasteiger partial charge in [0.05, 0.1) is 16.8 Å². The molecule has 2 aromatic carbocycles. The topological polar surface area (TPSA) is 54.9 Å². The van der Waals surface area contributed by atoms with E-state index in [1.807, 2.05) is 43.3 Å². The van der Waals surface area contributed by atoms with E-state index in [0.717, 1.165) is 33.3 Å². The lowest BCUT2D eigenvalue weighted by Gasteiger charge is -2.12. The Kier molecular flexibility index (Phi) is 5.57. The van der Waals surface area contributed by atoms with Gasteiger partial charge in [-0.15, -0.1) is 0 Å². The third-order valence-electron chi connectivity index (χ3n) is 5.28. The van der Waals surface area contributed by atoms with Crippen LogP contribution < -0.4 is 5.32 Å². The lowest BCUT2D eigenvalue weighted by molar-refractivity contribution is 0.0952. The van der Waals surface area contributed by atoms with Crippen molar-refractivity contribution in [1.82, 2.24) is 15.3 Å². The first kappa shape index (κ1) is 19.8. The van der Waals surface area contributed by atoms with Crippen LogP contribution >= 0.6 is 0 Å². The fraction of sp³-hybridized carbons (Fsp3) is 0.192. The minimum atomic E-state index is -0.107. The molecule has 4 rings (SSSR count). The number of nitrogens with one attached hydrogen (secondary N) is 1. The molecule has 0 radical (unpaired) electrons. The quantitative estimate of drug-likeness (QED) is 0.474. The average molecular weight is 396 g/mol. The number of benzene rings is 2. The number of carbonyl (C=O) groups is 1. The predicted molar refractivity (Wildman–Crippen MR) is 121 cm³/mol. The molecule has 0 fully saturated rings. The number of rotatable bonds is 5. The van der Waals surface area contributed by atoms with E-state index < -0.39 is 0 Å². The zero-order chi connectivity index (χ0) is 21.1. The Labute approximate surface area is 177 Å². The zero-order valence-corrected chi connectivity index (χ0v) is 17.5. The van der Waals surface area contributed by atoms with Gasteiger partial charge < -0.3 is 5.32 Å². The highest BCUT2D eigenvalue weighted by molar-refractivity contribution is 6.07. The number of carbonyl (C=O) groups excluding carboxylic acids is 1. The molecule has 150 valence electrons. The van der Waals surface area contributed by atoms with E-state index in [0.29, 0.717) is 18.0 Å². The molecular weight excluding hydrogens is 370 g/mol. The SMILES string of the molecule is Cc1ccc2nc(-c3ccc(C(C)C)cc3)cc(C(=O)NCc3ccncc3)c2c1. The Morgan fingerprint density at radius 3 is 2.40 bits per heavy atom. The van der Waals surface area contributed by atoms with Crippen molar-refractivity contribution in [3.8, 4) is 11.3 Å². The van der Waals surface area contributed by atoms with Crippen LogP contribution in [-0.4, -0.2) is 15.9 Å². The van der Waals surface area contributed by atoms with Crippen molar-refractivity contribution in [2.24, 2.45) is 0 Å². The van der Waals surface area contributed by atoms with Gasteiger partial charge in [-0.05, 0) is 54.3 Å². The van der Waals surface area contributed by atoms with Crippen molar-refractivity contribution >= 4 is 16.8 Å². The van der Waals surface area contributed by atoms with Crippen molar-refractivity contribution in [2.75, 3.05) is 0 Å². The molecule has 1 amide bonds. The van der Waals surface area contributed by atoms with E-state index in [2.05, 4.69) is 48.4 Å². The summed E-state index contributed by atoms with van der Waals surface area (Å²) in [5, 5.41) is 3.90. The summed E-state index contributed by atoms with van der Waals surface area (Å²) < 4.78 is 0. The maximum absolute atomic E-state index is 13.1. The first-order valence-electron chi connectivity index (χ1n) is 10.2. The van der Waals surface area contributed by atoms with Crippen LogP contribution in [0, 0.1) is 6.92 Å². The maximum Gasteiger partial charge on any atom is 0.252 e. The molecule has 0 bridgehead atoms. The molecule has 2 aromatic heterocycles. The van der Waals surface area contributed by atoms with E-state index in [9.17, 15) is 4.79 Å². The van der Waals surface area contributed by atoms with Crippen LogP contribution in [0.5, 0.6) is 0 Å². The van der Waals surface area contributed by atoms with Gasteiger partial charge in [-0.25, -0.2) is 4.98 Å². The van der Waals surface area contributed by atoms with Gasteiger partial charge in [0.2, 0.25) is 0 Å². The van der Waals surface area contributed by atoms with Crippen LogP contribution in [0.1, 0.15) is 46.8 Å². The Morgan fingerprint density at radius 1 is 0.967 bits per heavy atom. The summed E-state index contributed by atoms with van der Waals surface area (Å²) in [5.74, 6) is 0.367. The van der Waals surface area contributed by atoms with E-state index in [1.165, 1.54) is 5.56 Å². The first-order chi connectivity index (χ1) is 14.5. The monoisotopic (exact) mass is 395 g/mol. The minimum Gasteiger partial charge on any atom is -0.348 e. The lowest BCUT2D eigenvalue weighted by Crippen LogP contribution is -2.23. The standard InChI is InChI=1S/C26H25N3O/c1-17(2)20-5-7-21(8-6-20)25-15-23(22-14-18(3)4-9-24(22)29-25)26(30)28-16-19-10-12-27-13-11-19/h4-15,17H,16H2,1-3H3,(H,28,30). The number of hydrogen-bond acceptors (Lipinski definition) is 3. The van der Waals surface area contributed by atoms with E-state index >= 15 is 0 Å². The molecule has 0 aliphatic heterocycles. The molecule has 4 aromatic rings. The number of amides is 1. The number of fused-ring (bicyclic) bond motifs is 1. The summed E-state index contributed by atoms with van der Waals surface area (Å²) in [5.41, 5.74) is 6.66. The minimum absolute atomic E-state index is 0.107. The van der Waals surface area contributed by atoms with Crippen LogP contribution in [0.4, 0.5) is 0 Å². The van der Waals surface area contributed by atoms with Crippen molar-refractivity contribution in [2.45, 2.75) is 33.2 Å². The molecule has 0 atom stereocenters. The average Bonchev–Trinajstić information content (AvgIpc) is 2.77. The van der Waals surface area contributed by atoms with Gasteiger partial charge in [0.1, 0.15) is 0 Å². The zero-order valence-electron chi connectivity index (χ0n) is 17.5. The summed E-state index contributed by atoms with van der Waals surface area (Å²) in [4.78, 5) is 22.0. The van der Waals surface area contributed by atoms with Crippen LogP contribution in [0.25, 0.3) is 22.2 Å². The smallest absolute Gasteiger partial charge is 0.252 e. The second-order valence-corrected chi connectivity index (χ2v) is 7.89. The van der Waals surface area contributed by atoms with Crippen LogP contribution in [-0.2, 0) is 6.54 Å². The normalized spacial score (nSPS) is 11.1.